The van der Waals surface area contributed by atoms with Crippen LogP contribution in [0.15, 0.2) is 54.2 Å². The van der Waals surface area contributed by atoms with Gasteiger partial charge in [0.05, 0.1) is 13.2 Å². The minimum absolute atomic E-state index is 0.0822. The zero-order valence-electron chi connectivity index (χ0n) is 16.0. The lowest BCUT2D eigenvalue weighted by Crippen LogP contribution is -2.36. The number of aromatic nitrogens is 2. The summed E-state index contributed by atoms with van der Waals surface area (Å²) in [6, 6.07) is 13.7. The van der Waals surface area contributed by atoms with Crippen molar-refractivity contribution < 1.29 is 9.53 Å². The Kier molecular flexibility index (Phi) is 6.33. The van der Waals surface area contributed by atoms with Crippen LogP contribution in [0.1, 0.15) is 10.4 Å². The molecule has 0 atom stereocenters. The molecule has 8 heteroatoms. The van der Waals surface area contributed by atoms with Crippen molar-refractivity contribution in [3.8, 4) is 10.4 Å². The van der Waals surface area contributed by atoms with Gasteiger partial charge in [-0.25, -0.2) is 9.97 Å². The highest BCUT2D eigenvalue weighted by Crippen LogP contribution is 2.24. The number of hydrogen-bond donors (Lipinski definition) is 2. The van der Waals surface area contributed by atoms with Gasteiger partial charge in [0.15, 0.2) is 0 Å². The van der Waals surface area contributed by atoms with Gasteiger partial charge in [-0.05, 0) is 29.1 Å². The number of carbonyl (C=O) groups is 1. The summed E-state index contributed by atoms with van der Waals surface area (Å²) in [6.45, 7) is 4.18. The van der Waals surface area contributed by atoms with Gasteiger partial charge in [-0.3, -0.25) is 4.79 Å². The standard InChI is InChI=1S/C21H23N5O2S/c27-21(17-5-3-16(4-6-17)18-2-1-13-29-18)23-8-7-22-19-14-20(25-15-24-19)26-9-11-28-12-10-26/h1-6,13-15H,7-12H2,(H,23,27)(H,22,24,25). The van der Waals surface area contributed by atoms with Crippen molar-refractivity contribution >= 4 is 28.9 Å². The lowest BCUT2D eigenvalue weighted by Gasteiger charge is -2.27. The van der Waals surface area contributed by atoms with Crippen LogP contribution in [0, 0.1) is 0 Å². The minimum atomic E-state index is -0.0822. The number of morpholine rings is 1. The second kappa shape index (κ2) is 9.49. The number of hydrogen-bond acceptors (Lipinski definition) is 7. The highest BCUT2D eigenvalue weighted by atomic mass is 32.1. The Balaban J connectivity index is 1.24. The van der Waals surface area contributed by atoms with Gasteiger partial charge in [0.2, 0.25) is 0 Å². The third kappa shape index (κ3) is 5.10. The van der Waals surface area contributed by atoms with Crippen molar-refractivity contribution in [2.75, 3.05) is 49.6 Å². The molecule has 1 amide bonds. The normalized spacial score (nSPS) is 13.9. The molecule has 0 spiro atoms. The predicted octanol–water partition coefficient (Wildman–Crippen LogP) is 2.88. The molecule has 2 N–H and O–H groups in total. The Bertz CT molecular complexity index is 925. The average molecular weight is 410 g/mol. The van der Waals surface area contributed by atoms with E-state index in [-0.39, 0.29) is 5.91 Å². The molecule has 0 radical (unpaired) electrons. The second-order valence-corrected chi connectivity index (χ2v) is 7.55. The van der Waals surface area contributed by atoms with E-state index in [1.165, 1.54) is 4.88 Å². The van der Waals surface area contributed by atoms with E-state index in [0.29, 0.717) is 31.9 Å². The molecule has 1 fully saturated rings. The van der Waals surface area contributed by atoms with Crippen molar-refractivity contribution in [2.24, 2.45) is 0 Å². The molecule has 1 aliphatic rings. The van der Waals surface area contributed by atoms with Gasteiger partial charge in [-0.1, -0.05) is 18.2 Å². The van der Waals surface area contributed by atoms with Crippen LogP contribution in [0.5, 0.6) is 0 Å². The molecule has 1 aliphatic heterocycles. The fourth-order valence-electron chi connectivity index (χ4n) is 3.11. The van der Waals surface area contributed by atoms with Crippen molar-refractivity contribution in [1.82, 2.24) is 15.3 Å². The summed E-state index contributed by atoms with van der Waals surface area (Å²) in [5, 5.41) is 8.21. The predicted molar refractivity (Wildman–Crippen MR) is 116 cm³/mol. The Morgan fingerprint density at radius 3 is 2.69 bits per heavy atom. The third-order valence-corrected chi connectivity index (χ3v) is 5.58. The number of anilines is 2. The number of carbonyl (C=O) groups excluding carboxylic acids is 1. The van der Waals surface area contributed by atoms with E-state index in [0.717, 1.165) is 30.3 Å². The lowest BCUT2D eigenvalue weighted by atomic mass is 10.1. The number of benzene rings is 1. The lowest BCUT2D eigenvalue weighted by molar-refractivity contribution is 0.0955. The molecule has 150 valence electrons. The molecular weight excluding hydrogens is 386 g/mol. The molecule has 4 rings (SSSR count). The molecule has 0 unspecified atom stereocenters. The molecule has 7 nitrogen and oxygen atoms in total. The van der Waals surface area contributed by atoms with E-state index < -0.39 is 0 Å². The van der Waals surface area contributed by atoms with Gasteiger partial charge in [0.1, 0.15) is 18.0 Å². The molecule has 2 aromatic heterocycles. The molecule has 0 bridgehead atoms. The maximum atomic E-state index is 12.3. The van der Waals surface area contributed by atoms with Crippen molar-refractivity contribution in [3.05, 3.63) is 59.7 Å². The molecule has 3 aromatic rings. The SMILES string of the molecule is O=C(NCCNc1cc(N2CCOCC2)ncn1)c1ccc(-c2cccs2)cc1. The molecular formula is C21H23N5O2S. The molecule has 29 heavy (non-hydrogen) atoms. The van der Waals surface area contributed by atoms with Crippen molar-refractivity contribution in [3.63, 3.8) is 0 Å². The van der Waals surface area contributed by atoms with E-state index in [4.69, 9.17) is 4.74 Å². The number of ether oxygens (including phenoxy) is 1. The van der Waals surface area contributed by atoms with Crippen LogP contribution >= 0.6 is 11.3 Å². The molecule has 1 saturated heterocycles. The first kappa shape index (κ1) is 19.4. The summed E-state index contributed by atoms with van der Waals surface area (Å²) in [4.78, 5) is 24.3. The monoisotopic (exact) mass is 409 g/mol. The number of amides is 1. The Morgan fingerprint density at radius 1 is 1.10 bits per heavy atom. The van der Waals surface area contributed by atoms with Crippen LogP contribution in [0.3, 0.4) is 0 Å². The maximum absolute atomic E-state index is 12.3. The molecule has 3 heterocycles. The van der Waals surface area contributed by atoms with E-state index in [1.807, 2.05) is 41.8 Å². The average Bonchev–Trinajstić information content (AvgIpc) is 3.32. The highest BCUT2D eigenvalue weighted by molar-refractivity contribution is 7.13. The summed E-state index contributed by atoms with van der Waals surface area (Å²) in [6.07, 6.45) is 1.56. The summed E-state index contributed by atoms with van der Waals surface area (Å²) in [5.74, 6) is 1.55. The molecule has 0 aliphatic carbocycles. The minimum Gasteiger partial charge on any atom is -0.378 e. The Hall–Kier alpha value is -2.97. The topological polar surface area (TPSA) is 79.4 Å². The number of thiophene rings is 1. The van der Waals surface area contributed by atoms with Crippen LogP contribution in [0.25, 0.3) is 10.4 Å². The maximum Gasteiger partial charge on any atom is 0.251 e. The zero-order valence-corrected chi connectivity index (χ0v) is 16.8. The largest absolute Gasteiger partial charge is 0.378 e. The molecule has 1 aromatic carbocycles. The fourth-order valence-corrected chi connectivity index (χ4v) is 3.84. The van der Waals surface area contributed by atoms with Gasteiger partial charge in [-0.2, -0.15) is 0 Å². The van der Waals surface area contributed by atoms with Crippen LogP contribution < -0.4 is 15.5 Å². The summed E-state index contributed by atoms with van der Waals surface area (Å²) in [7, 11) is 0. The van der Waals surface area contributed by atoms with Crippen molar-refractivity contribution in [2.45, 2.75) is 0 Å². The number of nitrogens with zero attached hydrogens (tertiary/aromatic N) is 3. The van der Waals surface area contributed by atoms with Crippen molar-refractivity contribution in [1.29, 1.82) is 0 Å². The van der Waals surface area contributed by atoms with Crippen LogP contribution in [0.2, 0.25) is 0 Å². The first-order chi connectivity index (χ1) is 14.3. The van der Waals surface area contributed by atoms with Crippen LogP contribution in [-0.2, 0) is 4.74 Å². The number of rotatable bonds is 7. The zero-order chi connectivity index (χ0) is 19.9. The summed E-state index contributed by atoms with van der Waals surface area (Å²) < 4.78 is 5.37. The van der Waals surface area contributed by atoms with Crippen LogP contribution in [0.4, 0.5) is 11.6 Å². The third-order valence-electron chi connectivity index (χ3n) is 4.66. The highest BCUT2D eigenvalue weighted by Gasteiger charge is 2.13. The number of nitrogens with one attached hydrogen (secondary N) is 2. The Morgan fingerprint density at radius 2 is 1.93 bits per heavy atom. The smallest absolute Gasteiger partial charge is 0.251 e. The first-order valence-electron chi connectivity index (χ1n) is 9.60. The summed E-state index contributed by atoms with van der Waals surface area (Å²) >= 11 is 1.69. The van der Waals surface area contributed by atoms with Gasteiger partial charge < -0.3 is 20.3 Å². The van der Waals surface area contributed by atoms with Gasteiger partial charge in [0, 0.05) is 42.7 Å². The van der Waals surface area contributed by atoms with E-state index >= 15 is 0 Å². The van der Waals surface area contributed by atoms with E-state index in [9.17, 15) is 4.79 Å². The van der Waals surface area contributed by atoms with E-state index in [2.05, 4.69) is 31.6 Å². The fraction of sp³-hybridized carbons (Fsp3) is 0.286. The van der Waals surface area contributed by atoms with Crippen LogP contribution in [-0.4, -0.2) is 55.3 Å². The summed E-state index contributed by atoms with van der Waals surface area (Å²) in [5.41, 5.74) is 1.78. The second-order valence-electron chi connectivity index (χ2n) is 6.60. The van der Waals surface area contributed by atoms with Gasteiger partial charge in [-0.15, -0.1) is 11.3 Å². The Labute approximate surface area is 173 Å². The first-order valence-corrected chi connectivity index (χ1v) is 10.5. The van der Waals surface area contributed by atoms with E-state index in [1.54, 1.807) is 17.7 Å². The van der Waals surface area contributed by atoms with Gasteiger partial charge in [0.25, 0.3) is 5.91 Å². The molecule has 0 saturated carbocycles. The quantitative estimate of drug-likeness (QED) is 0.584. The van der Waals surface area contributed by atoms with Gasteiger partial charge >= 0.3 is 0 Å².